The molecule has 18 heavy (non-hydrogen) atoms. The molecule has 1 radical (unpaired) electrons. The van der Waals surface area contributed by atoms with Gasteiger partial charge in [-0.1, -0.05) is 24.3 Å². The van der Waals surface area contributed by atoms with Crippen LogP contribution in [0.4, 0.5) is 24.5 Å². The molecule has 0 fully saturated rings. The van der Waals surface area contributed by atoms with E-state index in [1.54, 1.807) is 0 Å². The van der Waals surface area contributed by atoms with Crippen LogP contribution in [-0.4, -0.2) is 0 Å². The summed E-state index contributed by atoms with van der Waals surface area (Å²) < 4.78 is 38.4. The summed E-state index contributed by atoms with van der Waals surface area (Å²) in [5.74, 6) is 0. The van der Waals surface area contributed by atoms with E-state index < -0.39 is 11.7 Å². The van der Waals surface area contributed by atoms with Crippen LogP contribution >= 0.6 is 0 Å². The summed E-state index contributed by atoms with van der Waals surface area (Å²) >= 11 is 0. The lowest BCUT2D eigenvalue weighted by Crippen LogP contribution is -2.08. The Bertz CT molecular complexity index is 629. The Morgan fingerprint density at radius 1 is 0.944 bits per heavy atom. The zero-order chi connectivity index (χ0) is 12.9. The van der Waals surface area contributed by atoms with Crippen LogP contribution in [0.3, 0.4) is 0 Å². The average molecular weight is 248 g/mol. The zero-order valence-electron chi connectivity index (χ0n) is 9.55. The van der Waals surface area contributed by atoms with E-state index in [9.17, 15) is 13.2 Å². The van der Waals surface area contributed by atoms with Crippen molar-refractivity contribution < 1.29 is 13.2 Å². The third-order valence-corrected chi connectivity index (χ3v) is 3.16. The molecule has 1 heterocycles. The highest BCUT2D eigenvalue weighted by Crippen LogP contribution is 2.47. The summed E-state index contributed by atoms with van der Waals surface area (Å²) in [6.07, 6.45) is -4.33. The van der Waals surface area contributed by atoms with Crippen LogP contribution in [0.15, 0.2) is 36.4 Å². The minimum atomic E-state index is -4.33. The Hall–Kier alpha value is -1.97. The van der Waals surface area contributed by atoms with Crippen LogP contribution in [0, 0.1) is 6.92 Å². The van der Waals surface area contributed by atoms with Crippen LogP contribution in [0.1, 0.15) is 11.1 Å². The summed E-state index contributed by atoms with van der Waals surface area (Å²) in [7, 11) is 0. The highest BCUT2D eigenvalue weighted by molar-refractivity contribution is 5.92. The van der Waals surface area contributed by atoms with Gasteiger partial charge in [0.25, 0.3) is 0 Å². The molecule has 2 aromatic rings. The maximum Gasteiger partial charge on any atom is 0.416 e. The largest absolute Gasteiger partial charge is 0.416 e. The number of benzene rings is 2. The summed E-state index contributed by atoms with van der Waals surface area (Å²) in [4.78, 5) is 0. The molecule has 2 aromatic carbocycles. The first-order valence-electron chi connectivity index (χ1n) is 5.50. The highest BCUT2D eigenvalue weighted by atomic mass is 19.4. The second-order valence-corrected chi connectivity index (χ2v) is 4.26. The first-order chi connectivity index (χ1) is 8.48. The predicted molar refractivity (Wildman–Crippen MR) is 63.1 cm³/mol. The van der Waals surface area contributed by atoms with Crippen molar-refractivity contribution in [3.05, 3.63) is 47.5 Å². The fourth-order valence-electron chi connectivity index (χ4n) is 2.29. The van der Waals surface area contributed by atoms with Gasteiger partial charge in [-0.15, -0.1) is 0 Å². The van der Waals surface area contributed by atoms with Crippen molar-refractivity contribution >= 4 is 11.4 Å². The molecule has 0 amide bonds. The first-order valence-corrected chi connectivity index (χ1v) is 5.50. The van der Waals surface area contributed by atoms with E-state index in [2.05, 4.69) is 5.32 Å². The Morgan fingerprint density at radius 2 is 1.67 bits per heavy atom. The molecule has 0 bridgehead atoms. The minimum Gasteiger partial charge on any atom is -0.247 e. The van der Waals surface area contributed by atoms with Gasteiger partial charge in [-0.25, -0.2) is 5.32 Å². The van der Waals surface area contributed by atoms with E-state index in [0.29, 0.717) is 5.69 Å². The summed E-state index contributed by atoms with van der Waals surface area (Å²) in [6, 6.07) is 10.00. The van der Waals surface area contributed by atoms with Gasteiger partial charge in [0, 0.05) is 11.1 Å². The van der Waals surface area contributed by atoms with Gasteiger partial charge in [0.1, 0.15) is 0 Å². The molecule has 0 aromatic heterocycles. The molecule has 1 aliphatic heterocycles. The number of halogens is 3. The van der Waals surface area contributed by atoms with Gasteiger partial charge in [-0.05, 0) is 24.6 Å². The van der Waals surface area contributed by atoms with Gasteiger partial charge in [0.05, 0.1) is 16.9 Å². The minimum absolute atomic E-state index is 0.191. The standard InChI is InChI=1S/C14H9F3N/c1-8-11(14(15,16)17)7-6-10-9-4-2-3-5-12(9)18-13(8)10/h2-7H,1H3. The first kappa shape index (κ1) is 11.1. The van der Waals surface area contributed by atoms with Crippen LogP contribution in [0.25, 0.3) is 11.1 Å². The van der Waals surface area contributed by atoms with Gasteiger partial charge >= 0.3 is 6.18 Å². The summed E-state index contributed by atoms with van der Waals surface area (Å²) in [5, 5.41) is 4.29. The predicted octanol–water partition coefficient (Wildman–Crippen LogP) is 4.56. The Morgan fingerprint density at radius 3 is 2.39 bits per heavy atom. The Kier molecular flexibility index (Phi) is 2.17. The monoisotopic (exact) mass is 248 g/mol. The Labute approximate surface area is 102 Å². The van der Waals surface area contributed by atoms with Crippen molar-refractivity contribution in [2.45, 2.75) is 13.1 Å². The van der Waals surface area contributed by atoms with Gasteiger partial charge in [-0.3, -0.25) is 0 Å². The smallest absolute Gasteiger partial charge is 0.247 e. The van der Waals surface area contributed by atoms with Crippen LogP contribution < -0.4 is 5.32 Å². The van der Waals surface area contributed by atoms with Gasteiger partial charge in [0.2, 0.25) is 0 Å². The van der Waals surface area contributed by atoms with E-state index >= 15 is 0 Å². The van der Waals surface area contributed by atoms with Gasteiger partial charge in [0.15, 0.2) is 0 Å². The Balaban J connectivity index is 2.22. The van der Waals surface area contributed by atoms with Crippen molar-refractivity contribution in [3.8, 4) is 11.1 Å². The maximum absolute atomic E-state index is 12.8. The second kappa shape index (κ2) is 3.51. The quantitative estimate of drug-likeness (QED) is 0.553. The van der Waals surface area contributed by atoms with Crippen LogP contribution in [0.5, 0.6) is 0 Å². The van der Waals surface area contributed by atoms with Crippen molar-refractivity contribution in [3.63, 3.8) is 0 Å². The average Bonchev–Trinajstić information content (AvgIpc) is 2.68. The van der Waals surface area contributed by atoms with Crippen molar-refractivity contribution in [1.82, 2.24) is 5.32 Å². The molecule has 4 heteroatoms. The number of para-hydroxylation sites is 1. The number of hydrogen-bond donors (Lipinski definition) is 0. The SMILES string of the molecule is Cc1c(C(F)(F)F)ccc2c1[N]c1ccccc1-2. The lowest BCUT2D eigenvalue weighted by molar-refractivity contribution is -0.138. The van der Waals surface area contributed by atoms with Crippen molar-refractivity contribution in [2.75, 3.05) is 0 Å². The third kappa shape index (κ3) is 1.49. The third-order valence-electron chi connectivity index (χ3n) is 3.16. The van der Waals surface area contributed by atoms with Gasteiger partial charge < -0.3 is 0 Å². The molecule has 0 saturated carbocycles. The van der Waals surface area contributed by atoms with E-state index in [-0.39, 0.29) is 5.56 Å². The molecule has 0 N–H and O–H groups in total. The van der Waals surface area contributed by atoms with E-state index in [4.69, 9.17) is 0 Å². The molecule has 0 unspecified atom stereocenters. The molecule has 1 aliphatic rings. The number of hydrogen-bond acceptors (Lipinski definition) is 0. The van der Waals surface area contributed by atoms with Crippen LogP contribution in [-0.2, 0) is 6.18 Å². The fourth-order valence-corrected chi connectivity index (χ4v) is 2.29. The highest BCUT2D eigenvalue weighted by Gasteiger charge is 2.35. The van der Waals surface area contributed by atoms with Crippen LogP contribution in [0.2, 0.25) is 0 Å². The maximum atomic E-state index is 12.8. The lowest BCUT2D eigenvalue weighted by atomic mass is 9.99. The zero-order valence-corrected chi connectivity index (χ0v) is 9.55. The van der Waals surface area contributed by atoms with Gasteiger partial charge in [-0.2, -0.15) is 13.2 Å². The lowest BCUT2D eigenvalue weighted by Gasteiger charge is -2.12. The number of nitrogens with zero attached hydrogens (tertiary/aromatic N) is 1. The number of rotatable bonds is 0. The summed E-state index contributed by atoms with van der Waals surface area (Å²) in [6.45, 7) is 1.47. The molecular formula is C14H9F3N. The molecular weight excluding hydrogens is 239 g/mol. The molecule has 0 spiro atoms. The molecule has 3 rings (SSSR count). The molecule has 91 valence electrons. The van der Waals surface area contributed by atoms with E-state index in [1.165, 1.54) is 13.0 Å². The van der Waals surface area contributed by atoms with Crippen molar-refractivity contribution in [1.29, 1.82) is 0 Å². The van der Waals surface area contributed by atoms with E-state index in [1.807, 2.05) is 24.3 Å². The molecule has 0 saturated heterocycles. The number of fused-ring (bicyclic) bond motifs is 3. The molecule has 1 nitrogen and oxygen atoms in total. The topological polar surface area (TPSA) is 14.1 Å². The van der Waals surface area contributed by atoms with Crippen molar-refractivity contribution in [2.24, 2.45) is 0 Å². The second-order valence-electron chi connectivity index (χ2n) is 4.26. The number of alkyl halides is 3. The summed E-state index contributed by atoms with van der Waals surface area (Å²) in [5.41, 5.74) is 2.41. The fraction of sp³-hybridized carbons (Fsp3) is 0.143. The van der Waals surface area contributed by atoms with E-state index in [0.717, 1.165) is 22.9 Å². The molecule has 0 aliphatic carbocycles. The normalized spacial score (nSPS) is 12.9. The molecule has 0 atom stereocenters.